The van der Waals surface area contributed by atoms with Crippen LogP contribution in [0.2, 0.25) is 0 Å². The molecule has 1 aliphatic heterocycles. The molecule has 1 aliphatic rings. The maximum atomic E-state index is 12.4. The second-order valence-corrected chi connectivity index (χ2v) is 8.72. The van der Waals surface area contributed by atoms with Crippen molar-refractivity contribution in [2.75, 3.05) is 45.9 Å². The molecule has 0 saturated carbocycles. The molecule has 34 heavy (non-hydrogen) atoms. The van der Waals surface area contributed by atoms with Crippen molar-refractivity contribution in [1.29, 1.82) is 0 Å². The van der Waals surface area contributed by atoms with E-state index in [9.17, 15) is 9.59 Å². The Kier molecular flexibility index (Phi) is 9.18. The lowest BCUT2D eigenvalue weighted by molar-refractivity contribution is 0.125. The predicted molar refractivity (Wildman–Crippen MR) is 137 cm³/mol. The van der Waals surface area contributed by atoms with Gasteiger partial charge >= 0.3 is 11.7 Å². The number of piperazine rings is 1. The van der Waals surface area contributed by atoms with Crippen molar-refractivity contribution in [2.24, 2.45) is 5.92 Å². The maximum Gasteiger partial charge on any atom is 0.325 e. The highest BCUT2D eigenvalue weighted by molar-refractivity contribution is 5.90. The van der Waals surface area contributed by atoms with Crippen LogP contribution in [0, 0.1) is 5.92 Å². The van der Waals surface area contributed by atoms with Crippen LogP contribution in [0.4, 0.5) is 4.79 Å². The third kappa shape index (κ3) is 6.42. The topological polar surface area (TPSA) is 106 Å². The zero-order valence-corrected chi connectivity index (χ0v) is 20.7. The quantitative estimate of drug-likeness (QED) is 0.399. The van der Waals surface area contributed by atoms with Crippen molar-refractivity contribution in [1.82, 2.24) is 30.1 Å². The van der Waals surface area contributed by atoms with Crippen molar-refractivity contribution in [3.63, 3.8) is 0 Å². The van der Waals surface area contributed by atoms with Gasteiger partial charge in [0.05, 0.1) is 17.6 Å². The van der Waals surface area contributed by atoms with E-state index in [0.717, 1.165) is 61.7 Å². The molecule has 186 valence electrons. The Morgan fingerprint density at radius 2 is 1.91 bits per heavy atom. The summed E-state index contributed by atoms with van der Waals surface area (Å²) in [7, 11) is 0. The van der Waals surface area contributed by atoms with Crippen molar-refractivity contribution in [3.05, 3.63) is 34.7 Å². The van der Waals surface area contributed by atoms with E-state index in [1.54, 1.807) is 0 Å². The van der Waals surface area contributed by atoms with Crippen LogP contribution in [-0.4, -0.2) is 76.7 Å². The number of carbonyl (C=O) groups excluding carboxylic acids is 1. The van der Waals surface area contributed by atoms with Gasteiger partial charge in [-0.2, -0.15) is 0 Å². The van der Waals surface area contributed by atoms with E-state index < -0.39 is 0 Å². The summed E-state index contributed by atoms with van der Waals surface area (Å²) in [6.45, 7) is 10.2. The number of nitrogens with zero attached hydrogens (tertiary/aromatic N) is 3. The van der Waals surface area contributed by atoms with Gasteiger partial charge in [0.25, 0.3) is 0 Å². The lowest BCUT2D eigenvalue weighted by Crippen LogP contribution is -2.52. The molecule has 2 amide bonds. The van der Waals surface area contributed by atoms with Crippen LogP contribution < -0.4 is 15.7 Å². The van der Waals surface area contributed by atoms with E-state index in [-0.39, 0.29) is 24.1 Å². The molecule has 4 rings (SSSR count). The Hall–Kier alpha value is -2.78. The van der Waals surface area contributed by atoms with Gasteiger partial charge < -0.3 is 19.9 Å². The molecule has 0 bridgehead atoms. The van der Waals surface area contributed by atoms with E-state index >= 15 is 0 Å². The normalized spacial score (nSPS) is 14.5. The number of pyridine rings is 1. The largest absolute Gasteiger partial charge is 0.494 e. The average Bonchev–Trinajstić information content (AvgIpc) is 3.19. The summed E-state index contributed by atoms with van der Waals surface area (Å²) >= 11 is 0. The van der Waals surface area contributed by atoms with Gasteiger partial charge in [0.15, 0.2) is 5.65 Å². The molecule has 3 N–H and O–H groups in total. The minimum Gasteiger partial charge on any atom is -0.494 e. The van der Waals surface area contributed by atoms with E-state index in [0.29, 0.717) is 24.3 Å². The standard InChI is InChI=1S/C24H34N6O3.ClH/c1-3-17(4-2)16-29-9-11-30(12-10-29)24(32)25-8-5-13-33-19-6-7-20-18(14-19)15-21-22(26-20)28-23(31)27-21;/h6-7,14-15,17H,3-5,8-13,16H2,1-2H3,(H,25,32)(H2,26,27,28,31);1H. The summed E-state index contributed by atoms with van der Waals surface area (Å²) in [5.74, 6) is 1.49. The summed E-state index contributed by atoms with van der Waals surface area (Å²) in [6.07, 6.45) is 3.15. The summed E-state index contributed by atoms with van der Waals surface area (Å²) in [6, 6.07) is 7.55. The Bertz CT molecular complexity index is 1130. The predicted octanol–water partition coefficient (Wildman–Crippen LogP) is 3.36. The molecule has 10 heteroatoms. The van der Waals surface area contributed by atoms with E-state index in [2.05, 4.69) is 39.0 Å². The number of amides is 2. The number of H-pyrrole nitrogens is 2. The minimum atomic E-state index is -0.269. The van der Waals surface area contributed by atoms with E-state index in [1.807, 2.05) is 29.2 Å². The summed E-state index contributed by atoms with van der Waals surface area (Å²) in [4.78, 5) is 38.1. The van der Waals surface area contributed by atoms with Crippen molar-refractivity contribution in [2.45, 2.75) is 33.1 Å². The molecule has 0 spiro atoms. The molecular formula is C24H35ClN6O3. The monoisotopic (exact) mass is 490 g/mol. The van der Waals surface area contributed by atoms with Gasteiger partial charge in [0, 0.05) is 44.7 Å². The number of halogens is 1. The van der Waals surface area contributed by atoms with Crippen LogP contribution in [-0.2, 0) is 0 Å². The smallest absolute Gasteiger partial charge is 0.325 e. The molecule has 1 fully saturated rings. The van der Waals surface area contributed by atoms with Gasteiger partial charge in [0.1, 0.15) is 5.75 Å². The molecule has 1 aromatic carbocycles. The van der Waals surface area contributed by atoms with Crippen LogP contribution >= 0.6 is 12.4 Å². The van der Waals surface area contributed by atoms with Crippen LogP contribution in [0.25, 0.3) is 22.1 Å². The minimum absolute atomic E-state index is 0. The second kappa shape index (κ2) is 12.1. The first-order valence-electron chi connectivity index (χ1n) is 12.0. The molecule has 9 nitrogen and oxygen atoms in total. The molecule has 3 heterocycles. The Balaban J connectivity index is 0.00000324. The number of imidazole rings is 1. The fraction of sp³-hybridized carbons (Fsp3) is 0.542. The van der Waals surface area contributed by atoms with Crippen molar-refractivity contribution >= 4 is 40.5 Å². The lowest BCUT2D eigenvalue weighted by Gasteiger charge is -2.36. The van der Waals surface area contributed by atoms with E-state index in [4.69, 9.17) is 4.74 Å². The number of ether oxygens (including phenoxy) is 1. The van der Waals surface area contributed by atoms with Crippen LogP contribution in [0.1, 0.15) is 33.1 Å². The molecular weight excluding hydrogens is 456 g/mol. The highest BCUT2D eigenvalue weighted by Gasteiger charge is 2.22. The first-order valence-corrected chi connectivity index (χ1v) is 12.0. The number of fused-ring (bicyclic) bond motifs is 2. The summed E-state index contributed by atoms with van der Waals surface area (Å²) in [5, 5.41) is 3.91. The number of benzene rings is 1. The van der Waals surface area contributed by atoms with Crippen LogP contribution in [0.15, 0.2) is 29.1 Å². The van der Waals surface area contributed by atoms with Crippen molar-refractivity contribution < 1.29 is 9.53 Å². The molecule has 1 saturated heterocycles. The van der Waals surface area contributed by atoms with Crippen LogP contribution in [0.3, 0.4) is 0 Å². The number of hydrogen-bond acceptors (Lipinski definition) is 5. The first-order chi connectivity index (χ1) is 16.1. The Morgan fingerprint density at radius 3 is 2.65 bits per heavy atom. The number of carbonyl (C=O) groups is 1. The van der Waals surface area contributed by atoms with Gasteiger partial charge in [-0.05, 0) is 36.6 Å². The second-order valence-electron chi connectivity index (χ2n) is 8.72. The number of aromatic nitrogens is 3. The van der Waals surface area contributed by atoms with E-state index in [1.165, 1.54) is 12.8 Å². The van der Waals surface area contributed by atoms with Gasteiger partial charge in [-0.15, -0.1) is 12.4 Å². The molecule has 0 radical (unpaired) electrons. The highest BCUT2D eigenvalue weighted by Crippen LogP contribution is 2.22. The Labute approximate surface area is 205 Å². The van der Waals surface area contributed by atoms with Crippen LogP contribution in [0.5, 0.6) is 5.75 Å². The Morgan fingerprint density at radius 1 is 1.15 bits per heavy atom. The van der Waals surface area contributed by atoms with Gasteiger partial charge in [0.2, 0.25) is 0 Å². The number of nitrogens with one attached hydrogen (secondary N) is 3. The third-order valence-corrected chi connectivity index (χ3v) is 6.46. The summed E-state index contributed by atoms with van der Waals surface area (Å²) in [5.41, 5.74) is 1.74. The average molecular weight is 491 g/mol. The lowest BCUT2D eigenvalue weighted by atomic mass is 10.0. The number of hydrogen-bond donors (Lipinski definition) is 3. The van der Waals surface area contributed by atoms with Crippen molar-refractivity contribution in [3.8, 4) is 5.75 Å². The zero-order valence-electron chi connectivity index (χ0n) is 19.9. The van der Waals surface area contributed by atoms with Gasteiger partial charge in [-0.25, -0.2) is 14.6 Å². The molecule has 0 atom stereocenters. The first kappa shape index (κ1) is 25.8. The fourth-order valence-electron chi connectivity index (χ4n) is 4.31. The third-order valence-electron chi connectivity index (χ3n) is 6.46. The summed E-state index contributed by atoms with van der Waals surface area (Å²) < 4.78 is 5.85. The number of aromatic amines is 2. The molecule has 2 aromatic heterocycles. The fourth-order valence-corrected chi connectivity index (χ4v) is 4.31. The SMILES string of the molecule is CCC(CC)CN1CCN(C(=O)NCCCOc2ccc3nc4[nH]c(=O)[nH]c4cc3c2)CC1.Cl. The molecule has 0 unspecified atom stereocenters. The van der Waals surface area contributed by atoms with Gasteiger partial charge in [-0.3, -0.25) is 9.88 Å². The molecule has 3 aromatic rings. The maximum absolute atomic E-state index is 12.4. The molecule has 0 aliphatic carbocycles. The highest BCUT2D eigenvalue weighted by atomic mass is 35.5. The van der Waals surface area contributed by atoms with Gasteiger partial charge in [-0.1, -0.05) is 26.7 Å². The number of urea groups is 1. The zero-order chi connectivity index (χ0) is 23.2. The number of rotatable bonds is 9.